The quantitative estimate of drug-likeness (QED) is 0.584. The Morgan fingerprint density at radius 2 is 1.60 bits per heavy atom. The summed E-state index contributed by atoms with van der Waals surface area (Å²) >= 11 is 0. The molecule has 0 aliphatic heterocycles. The van der Waals surface area contributed by atoms with Gasteiger partial charge in [-0.3, -0.25) is 9.52 Å². The molecule has 6 nitrogen and oxygen atoms in total. The lowest BCUT2D eigenvalue weighted by Gasteiger charge is -2.50. The molecular formula is C17H20F5N3O3S2. The number of hydrogen-bond acceptors (Lipinski definition) is 4. The zero-order chi connectivity index (χ0) is 22.7. The monoisotopic (exact) mass is 473 g/mol. The van der Waals surface area contributed by atoms with Crippen molar-refractivity contribution in [2.75, 3.05) is 11.0 Å². The van der Waals surface area contributed by atoms with Crippen molar-refractivity contribution in [1.82, 2.24) is 5.32 Å². The molecule has 1 amide bonds. The van der Waals surface area contributed by atoms with Crippen LogP contribution in [0.15, 0.2) is 23.1 Å². The molecule has 4 rings (SSSR count). The van der Waals surface area contributed by atoms with Gasteiger partial charge >= 0.3 is 10.2 Å². The number of nitriles is 1. The third-order valence-corrected chi connectivity index (χ3v) is 7.57. The molecule has 0 aromatic heterocycles. The second-order valence-corrected chi connectivity index (χ2v) is 12.3. The van der Waals surface area contributed by atoms with Crippen LogP contribution in [0.3, 0.4) is 0 Å². The summed E-state index contributed by atoms with van der Waals surface area (Å²) in [5.74, 6) is -0.874. The largest absolute Gasteiger partial charge is 0.347 e. The highest BCUT2D eigenvalue weighted by atomic mass is 32.5. The lowest BCUT2D eigenvalue weighted by Crippen LogP contribution is -2.56. The number of sulfonamides is 1. The molecule has 1 aromatic carbocycles. The van der Waals surface area contributed by atoms with Gasteiger partial charge in [0.25, 0.3) is 5.91 Å². The van der Waals surface area contributed by atoms with Crippen LogP contribution in [0.4, 0.5) is 25.1 Å². The Morgan fingerprint density at radius 1 is 1.07 bits per heavy atom. The van der Waals surface area contributed by atoms with E-state index in [0.717, 1.165) is 0 Å². The minimum atomic E-state index is -10.1. The molecule has 0 spiro atoms. The van der Waals surface area contributed by atoms with Crippen LogP contribution in [0.5, 0.6) is 0 Å². The van der Waals surface area contributed by atoms with Gasteiger partial charge in [-0.15, -0.1) is 0 Å². The van der Waals surface area contributed by atoms with E-state index in [2.05, 4.69) is 11.4 Å². The first-order valence-electron chi connectivity index (χ1n) is 8.96. The van der Waals surface area contributed by atoms with Gasteiger partial charge in [0.05, 0.1) is 29.0 Å². The van der Waals surface area contributed by atoms with Crippen molar-refractivity contribution in [2.45, 2.75) is 49.0 Å². The highest BCUT2D eigenvalue weighted by Gasteiger charge is 2.65. The molecule has 1 aromatic rings. The number of anilines is 1. The third kappa shape index (κ3) is 4.64. The molecule has 3 saturated carbocycles. The fourth-order valence-corrected chi connectivity index (χ4v) is 5.33. The van der Waals surface area contributed by atoms with E-state index in [0.29, 0.717) is 50.8 Å². The number of halogens is 5. The highest BCUT2D eigenvalue weighted by Crippen LogP contribution is 3.02. The molecule has 3 fully saturated rings. The smallest absolute Gasteiger partial charge is 0.310 e. The molecule has 3 aliphatic rings. The van der Waals surface area contributed by atoms with Crippen LogP contribution in [0.25, 0.3) is 0 Å². The normalized spacial score (nSPS) is 28.7. The van der Waals surface area contributed by atoms with Crippen LogP contribution in [-0.4, -0.2) is 26.1 Å². The summed E-state index contributed by atoms with van der Waals surface area (Å²) in [5.41, 5.74) is -2.48. The van der Waals surface area contributed by atoms with Gasteiger partial charge in [0.15, 0.2) is 0 Å². The van der Waals surface area contributed by atoms with Crippen LogP contribution in [0, 0.1) is 16.7 Å². The fourth-order valence-electron chi connectivity index (χ4n) is 4.09. The zero-order valence-corrected chi connectivity index (χ0v) is 17.5. The van der Waals surface area contributed by atoms with E-state index < -0.39 is 53.3 Å². The lowest BCUT2D eigenvalue weighted by molar-refractivity contribution is 0.0521. The van der Waals surface area contributed by atoms with Gasteiger partial charge in [-0.2, -0.15) is 5.26 Å². The number of carbonyl (C=O) groups is 1. The SMILES string of the molecule is CS(=O)(=O)Nc1cc(S(F)(F)(F)(F)F)ccc1C(=O)NC12CCC(C#N)(CC1)CC2. The predicted molar refractivity (Wildman–Crippen MR) is 102 cm³/mol. The molecule has 30 heavy (non-hydrogen) atoms. The molecule has 0 saturated heterocycles. The maximum absolute atomic E-state index is 13.2. The molecule has 13 heteroatoms. The van der Waals surface area contributed by atoms with Crippen molar-refractivity contribution in [1.29, 1.82) is 5.26 Å². The Kier molecular flexibility index (Phi) is 4.52. The van der Waals surface area contributed by atoms with Gasteiger partial charge in [-0.05, 0) is 56.7 Å². The Bertz CT molecular complexity index is 1040. The minimum Gasteiger partial charge on any atom is -0.347 e. The first kappa shape index (κ1) is 22.6. The molecule has 3 aliphatic carbocycles. The summed E-state index contributed by atoms with van der Waals surface area (Å²) in [4.78, 5) is 10.5. The Hall–Kier alpha value is -2.07. The number of nitrogens with zero attached hydrogens (tertiary/aromatic N) is 1. The molecule has 2 N–H and O–H groups in total. The zero-order valence-electron chi connectivity index (χ0n) is 15.9. The number of nitrogens with one attached hydrogen (secondary N) is 2. The van der Waals surface area contributed by atoms with Crippen molar-refractivity contribution in [2.24, 2.45) is 5.41 Å². The van der Waals surface area contributed by atoms with E-state index in [1.807, 2.05) is 0 Å². The molecule has 0 unspecified atom stereocenters. The molecule has 2 bridgehead atoms. The molecule has 0 radical (unpaired) electrons. The Labute approximate surface area is 170 Å². The van der Waals surface area contributed by atoms with Gasteiger partial charge in [0.2, 0.25) is 10.0 Å². The van der Waals surface area contributed by atoms with Crippen molar-refractivity contribution in [3.8, 4) is 6.07 Å². The summed E-state index contributed by atoms with van der Waals surface area (Å²) in [5, 5.41) is 12.1. The number of rotatable bonds is 5. The number of fused-ring (bicyclic) bond motifs is 3. The number of carbonyl (C=O) groups excluding carboxylic acids is 1. The van der Waals surface area contributed by atoms with E-state index in [9.17, 15) is 37.9 Å². The summed E-state index contributed by atoms with van der Waals surface area (Å²) in [6.45, 7) is 0. The first-order valence-corrected chi connectivity index (χ1v) is 12.8. The van der Waals surface area contributed by atoms with Gasteiger partial charge in [-0.1, -0.05) is 19.4 Å². The number of benzene rings is 1. The average molecular weight is 473 g/mol. The van der Waals surface area contributed by atoms with Crippen LogP contribution in [0.1, 0.15) is 48.9 Å². The average Bonchev–Trinajstić information content (AvgIpc) is 2.59. The summed E-state index contributed by atoms with van der Waals surface area (Å²) in [6, 6.07) is 2.86. The summed E-state index contributed by atoms with van der Waals surface area (Å²) in [6.07, 6.45) is 3.77. The Balaban J connectivity index is 1.95. The lowest BCUT2D eigenvalue weighted by atomic mass is 9.58. The van der Waals surface area contributed by atoms with Crippen molar-refractivity contribution >= 4 is 31.8 Å². The minimum absolute atomic E-state index is 0.0579. The van der Waals surface area contributed by atoms with Crippen LogP contribution < -0.4 is 10.0 Å². The van der Waals surface area contributed by atoms with Crippen LogP contribution >= 0.6 is 10.2 Å². The standard InChI is InChI=1S/C17H20F5N3O3S2/c1-29(27,28)25-14-10-12(30(18,19,20,21)22)2-3-13(14)15(26)24-17-7-4-16(11-23,5-8-17)6-9-17/h2-3,10,25H,4-9H2,1H3,(H,24,26). The van der Waals surface area contributed by atoms with Gasteiger partial charge in [0.1, 0.15) is 4.90 Å². The fraction of sp³-hybridized carbons (Fsp3) is 0.529. The molecular weight excluding hydrogens is 453 g/mol. The number of amides is 1. The maximum atomic E-state index is 13.2. The van der Waals surface area contributed by atoms with E-state index in [-0.39, 0.29) is 12.1 Å². The van der Waals surface area contributed by atoms with Crippen molar-refractivity contribution < 1.29 is 32.6 Å². The third-order valence-electron chi connectivity index (χ3n) is 5.84. The van der Waals surface area contributed by atoms with Gasteiger partial charge in [0, 0.05) is 5.54 Å². The molecule has 0 atom stereocenters. The topological polar surface area (TPSA) is 99.1 Å². The van der Waals surface area contributed by atoms with Crippen LogP contribution in [0.2, 0.25) is 0 Å². The second-order valence-electron chi connectivity index (χ2n) is 8.18. The van der Waals surface area contributed by atoms with Crippen molar-refractivity contribution in [3.63, 3.8) is 0 Å². The Morgan fingerprint density at radius 3 is 2.03 bits per heavy atom. The second kappa shape index (κ2) is 6.00. The van der Waals surface area contributed by atoms with E-state index >= 15 is 0 Å². The number of hydrogen-bond donors (Lipinski definition) is 2. The predicted octanol–water partition coefficient (Wildman–Crippen LogP) is 5.06. The summed E-state index contributed by atoms with van der Waals surface area (Å²) < 4.78 is 90.6. The van der Waals surface area contributed by atoms with Gasteiger partial charge < -0.3 is 5.32 Å². The van der Waals surface area contributed by atoms with E-state index in [1.165, 1.54) is 0 Å². The van der Waals surface area contributed by atoms with E-state index in [4.69, 9.17) is 0 Å². The highest BCUT2D eigenvalue weighted by molar-refractivity contribution is 8.45. The van der Waals surface area contributed by atoms with Gasteiger partial charge in [-0.25, -0.2) is 8.42 Å². The van der Waals surface area contributed by atoms with E-state index in [1.54, 1.807) is 4.72 Å². The molecule has 0 heterocycles. The first-order chi connectivity index (χ1) is 13.4. The van der Waals surface area contributed by atoms with Crippen molar-refractivity contribution in [3.05, 3.63) is 23.8 Å². The summed E-state index contributed by atoms with van der Waals surface area (Å²) in [7, 11) is -14.2. The van der Waals surface area contributed by atoms with Crippen LogP contribution in [-0.2, 0) is 10.0 Å². The maximum Gasteiger partial charge on any atom is 0.310 e. The molecule has 168 valence electrons.